The van der Waals surface area contributed by atoms with E-state index in [0.717, 1.165) is 12.1 Å². The Balaban J connectivity index is 1.72. The molecule has 0 saturated heterocycles. The Bertz CT molecular complexity index is 1200. The quantitative estimate of drug-likeness (QED) is 0.277. The molecule has 0 aliphatic rings. The first-order valence-electron chi connectivity index (χ1n) is 9.39. The fraction of sp³-hybridized carbons (Fsp3) is 0.190. The average Bonchev–Trinajstić information content (AvgIpc) is 3.06. The maximum atomic E-state index is 13.0. The number of aryl methyl sites for hydroxylation is 1. The van der Waals surface area contributed by atoms with E-state index in [1.807, 2.05) is 0 Å². The third-order valence-corrected chi connectivity index (χ3v) is 5.02. The first kappa shape index (κ1) is 24.3. The van der Waals surface area contributed by atoms with Gasteiger partial charge in [0.05, 0.1) is 42.9 Å². The van der Waals surface area contributed by atoms with Gasteiger partial charge >= 0.3 is 6.18 Å². The van der Waals surface area contributed by atoms with Gasteiger partial charge in [-0.3, -0.25) is 5.43 Å². The minimum absolute atomic E-state index is 0.108. The van der Waals surface area contributed by atoms with Gasteiger partial charge in [0.2, 0.25) is 0 Å². The highest BCUT2D eigenvalue weighted by Gasteiger charge is 2.30. The molecule has 0 bridgehead atoms. The van der Waals surface area contributed by atoms with Crippen molar-refractivity contribution in [3.63, 3.8) is 0 Å². The van der Waals surface area contributed by atoms with Gasteiger partial charge in [-0.15, -0.1) is 0 Å². The van der Waals surface area contributed by atoms with Crippen molar-refractivity contribution in [2.75, 3.05) is 19.5 Å². The molecule has 0 aliphatic heterocycles. The number of hydrogen-bond acceptors (Lipinski definition) is 5. The van der Waals surface area contributed by atoms with Crippen molar-refractivity contribution in [3.8, 4) is 17.2 Å². The molecular formula is C21H19ClF3N5O2S. The number of alkyl halides is 3. The number of ether oxygens (including phenoxy) is 2. The second-order valence-electron chi connectivity index (χ2n) is 6.64. The fourth-order valence-electron chi connectivity index (χ4n) is 2.87. The van der Waals surface area contributed by atoms with Crippen LogP contribution in [-0.4, -0.2) is 35.3 Å². The molecule has 0 unspecified atom stereocenters. The van der Waals surface area contributed by atoms with Crippen molar-refractivity contribution >= 4 is 40.8 Å². The van der Waals surface area contributed by atoms with Crippen molar-refractivity contribution in [2.45, 2.75) is 13.1 Å². The number of anilines is 1. The molecule has 0 radical (unpaired) electrons. The second kappa shape index (κ2) is 10.1. The summed E-state index contributed by atoms with van der Waals surface area (Å²) in [4.78, 5) is 0. The molecule has 0 saturated carbocycles. The lowest BCUT2D eigenvalue weighted by molar-refractivity contribution is -0.137. The topological polar surface area (TPSA) is 72.7 Å². The van der Waals surface area contributed by atoms with Crippen LogP contribution in [0.5, 0.6) is 11.5 Å². The van der Waals surface area contributed by atoms with E-state index in [2.05, 4.69) is 20.9 Å². The van der Waals surface area contributed by atoms with E-state index in [0.29, 0.717) is 28.4 Å². The molecule has 33 heavy (non-hydrogen) atoms. The molecule has 0 aliphatic carbocycles. The van der Waals surface area contributed by atoms with Gasteiger partial charge in [0.1, 0.15) is 5.15 Å². The number of methoxy groups -OCH3 is 2. The highest BCUT2D eigenvalue weighted by molar-refractivity contribution is 7.80. The number of nitrogens with zero attached hydrogens (tertiary/aromatic N) is 3. The molecule has 0 fully saturated rings. The summed E-state index contributed by atoms with van der Waals surface area (Å²) in [5.74, 6) is 1.10. The number of hydrogen-bond donors (Lipinski definition) is 2. The van der Waals surface area contributed by atoms with Crippen molar-refractivity contribution < 1.29 is 22.6 Å². The molecule has 1 aromatic heterocycles. The Morgan fingerprint density at radius 1 is 1.15 bits per heavy atom. The van der Waals surface area contributed by atoms with Gasteiger partial charge in [-0.2, -0.15) is 23.4 Å². The lowest BCUT2D eigenvalue weighted by Crippen LogP contribution is -2.23. The van der Waals surface area contributed by atoms with Crippen LogP contribution in [0.1, 0.15) is 16.8 Å². The molecule has 12 heteroatoms. The van der Waals surface area contributed by atoms with E-state index in [-0.39, 0.29) is 16.0 Å². The van der Waals surface area contributed by atoms with Crippen LogP contribution in [0.2, 0.25) is 5.15 Å². The zero-order valence-corrected chi connectivity index (χ0v) is 19.3. The first-order chi connectivity index (χ1) is 15.6. The Hall–Kier alpha value is -3.31. The monoisotopic (exact) mass is 497 g/mol. The molecule has 174 valence electrons. The minimum atomic E-state index is -4.48. The van der Waals surface area contributed by atoms with Gasteiger partial charge in [-0.25, -0.2) is 4.68 Å². The number of nitrogens with one attached hydrogen (secondary N) is 2. The van der Waals surface area contributed by atoms with Crippen molar-refractivity contribution in [1.29, 1.82) is 0 Å². The number of thiocarbonyl (C=S) groups is 1. The van der Waals surface area contributed by atoms with E-state index in [4.69, 9.17) is 33.3 Å². The predicted molar refractivity (Wildman–Crippen MR) is 125 cm³/mol. The standard InChI is InChI=1S/C21H19ClF3N5O2S/c1-12-16(19(22)30(29-12)15-6-4-5-13(9-15)21(23,24)25)11-26-28-20(33)27-14-7-8-17(31-2)18(10-14)32-3/h4-11H,1-3H3,(H2,27,28,33). The van der Waals surface area contributed by atoms with E-state index >= 15 is 0 Å². The molecule has 0 spiro atoms. The van der Waals surface area contributed by atoms with Gasteiger partial charge in [-0.1, -0.05) is 17.7 Å². The number of halogens is 4. The Labute approximate surface area is 198 Å². The molecule has 2 N–H and O–H groups in total. The smallest absolute Gasteiger partial charge is 0.416 e. The Morgan fingerprint density at radius 2 is 1.88 bits per heavy atom. The van der Waals surface area contributed by atoms with Crippen molar-refractivity contribution in [1.82, 2.24) is 15.2 Å². The fourth-order valence-corrected chi connectivity index (χ4v) is 3.36. The Kier molecular flexibility index (Phi) is 7.44. The van der Waals surface area contributed by atoms with Gasteiger partial charge in [0, 0.05) is 11.8 Å². The molecule has 0 amide bonds. The summed E-state index contributed by atoms with van der Waals surface area (Å²) in [6.07, 6.45) is -3.09. The number of rotatable bonds is 6. The van der Waals surface area contributed by atoms with Crippen LogP contribution >= 0.6 is 23.8 Å². The molecule has 0 atom stereocenters. The molecule has 2 aromatic carbocycles. The van der Waals surface area contributed by atoms with Crippen molar-refractivity contribution in [3.05, 3.63) is 64.4 Å². The van der Waals surface area contributed by atoms with Crippen LogP contribution in [0.3, 0.4) is 0 Å². The number of aromatic nitrogens is 2. The van der Waals surface area contributed by atoms with Crippen LogP contribution in [0.15, 0.2) is 47.6 Å². The summed E-state index contributed by atoms with van der Waals surface area (Å²) in [6.45, 7) is 1.66. The third kappa shape index (κ3) is 5.74. The zero-order chi connectivity index (χ0) is 24.2. The molecule has 3 rings (SSSR count). The van der Waals surface area contributed by atoms with Crippen LogP contribution in [0.4, 0.5) is 18.9 Å². The SMILES string of the molecule is COc1ccc(NC(=S)NN=Cc2c(C)nn(-c3cccc(C(F)(F)F)c3)c2Cl)cc1OC. The normalized spacial score (nSPS) is 11.5. The molecule has 7 nitrogen and oxygen atoms in total. The lowest BCUT2D eigenvalue weighted by atomic mass is 10.2. The van der Waals surface area contributed by atoms with Gasteiger partial charge in [-0.05, 0) is 49.5 Å². The van der Waals surface area contributed by atoms with E-state index in [1.54, 1.807) is 25.1 Å². The third-order valence-electron chi connectivity index (χ3n) is 4.47. The summed E-state index contributed by atoms with van der Waals surface area (Å²) < 4.78 is 50.7. The first-order valence-corrected chi connectivity index (χ1v) is 10.2. The summed E-state index contributed by atoms with van der Waals surface area (Å²) in [5, 5.41) is 11.5. The van der Waals surface area contributed by atoms with Gasteiger partial charge in [0.25, 0.3) is 0 Å². The summed E-state index contributed by atoms with van der Waals surface area (Å²) in [5.41, 5.74) is 3.58. The number of benzene rings is 2. The maximum absolute atomic E-state index is 13.0. The largest absolute Gasteiger partial charge is 0.493 e. The van der Waals surface area contributed by atoms with Crippen LogP contribution in [-0.2, 0) is 6.18 Å². The van der Waals surface area contributed by atoms with E-state index in [9.17, 15) is 13.2 Å². The van der Waals surface area contributed by atoms with E-state index in [1.165, 1.54) is 37.2 Å². The maximum Gasteiger partial charge on any atom is 0.416 e. The van der Waals surface area contributed by atoms with Gasteiger partial charge < -0.3 is 14.8 Å². The van der Waals surface area contributed by atoms with Crippen LogP contribution < -0.4 is 20.2 Å². The van der Waals surface area contributed by atoms with Crippen LogP contribution in [0.25, 0.3) is 5.69 Å². The van der Waals surface area contributed by atoms with Crippen molar-refractivity contribution in [2.24, 2.45) is 5.10 Å². The average molecular weight is 498 g/mol. The zero-order valence-electron chi connectivity index (χ0n) is 17.7. The summed E-state index contributed by atoms with van der Waals surface area (Å²) >= 11 is 11.6. The highest BCUT2D eigenvalue weighted by Crippen LogP contribution is 2.32. The molecular weight excluding hydrogens is 479 g/mol. The number of hydrazone groups is 1. The lowest BCUT2D eigenvalue weighted by Gasteiger charge is -2.11. The summed E-state index contributed by atoms with van der Waals surface area (Å²) in [6, 6.07) is 9.90. The summed E-state index contributed by atoms with van der Waals surface area (Å²) in [7, 11) is 3.06. The molecule has 3 aromatic rings. The minimum Gasteiger partial charge on any atom is -0.493 e. The van der Waals surface area contributed by atoms with Gasteiger partial charge in [0.15, 0.2) is 16.6 Å². The molecule has 1 heterocycles. The van der Waals surface area contributed by atoms with Crippen LogP contribution in [0, 0.1) is 6.92 Å². The Morgan fingerprint density at radius 3 is 2.55 bits per heavy atom. The van der Waals surface area contributed by atoms with E-state index < -0.39 is 11.7 Å². The second-order valence-corrected chi connectivity index (χ2v) is 7.41. The predicted octanol–water partition coefficient (Wildman–Crippen LogP) is 5.19. The highest BCUT2D eigenvalue weighted by atomic mass is 35.5.